The van der Waals surface area contributed by atoms with Gasteiger partial charge in [-0.05, 0) is 90.2 Å². The fourth-order valence-electron chi connectivity index (χ4n) is 5.42. The Kier molecular flexibility index (Phi) is 6.00. The van der Waals surface area contributed by atoms with Crippen molar-refractivity contribution in [1.82, 2.24) is 0 Å². The molecule has 0 heterocycles. The first-order valence-electron chi connectivity index (χ1n) is 12.2. The predicted octanol–water partition coefficient (Wildman–Crippen LogP) is 7.73. The van der Waals surface area contributed by atoms with Crippen molar-refractivity contribution in [2.24, 2.45) is 5.92 Å². The Balaban J connectivity index is 1.70. The summed E-state index contributed by atoms with van der Waals surface area (Å²) in [6.45, 7) is 13.8. The first kappa shape index (κ1) is 23.0. The number of allylic oxidation sites excluding steroid dienone is 1. The molecule has 0 spiro atoms. The second-order valence-electron chi connectivity index (χ2n) is 11.3. The van der Waals surface area contributed by atoms with Gasteiger partial charge in [0.2, 0.25) is 8.32 Å². The van der Waals surface area contributed by atoms with Crippen LogP contribution in [0.25, 0.3) is 6.08 Å². The third kappa shape index (κ3) is 4.12. The van der Waals surface area contributed by atoms with Gasteiger partial charge in [0.15, 0.2) is 5.78 Å². The molecule has 0 N–H and O–H groups in total. The molecule has 0 aromatic heterocycles. The number of fused-ring (bicyclic) bond motifs is 3. The molecule has 2 aliphatic rings. The monoisotopic (exact) mass is 446 g/mol. The highest BCUT2D eigenvalue weighted by Gasteiger charge is 2.48. The first-order chi connectivity index (χ1) is 15.1. The number of aryl methyl sites for hydroxylation is 1. The van der Waals surface area contributed by atoms with Crippen molar-refractivity contribution in [3.8, 4) is 5.75 Å². The lowest BCUT2D eigenvalue weighted by molar-refractivity contribution is -0.119. The molecule has 1 fully saturated rings. The summed E-state index contributed by atoms with van der Waals surface area (Å²) in [5.74, 6) is 1.80. The minimum absolute atomic E-state index is 0.0532. The van der Waals surface area contributed by atoms with Crippen LogP contribution in [0, 0.1) is 5.92 Å². The fourth-order valence-corrected chi connectivity index (χ4v) is 6.44. The van der Waals surface area contributed by atoms with E-state index in [2.05, 4.69) is 77.2 Å². The standard InChI is InChI=1S/C29H38O2Si/c1-7-29-20-23(17-21-11-9-8-10-12-21)27(30)19-24(29)14-13-22-18-25(15-16-26(22)29)31-32(5,6)28(2,3)4/h8-12,15-18,24H,7,13-14,19-20H2,1-6H3/b23-17-/t24-,29?/m1/s1. The van der Waals surface area contributed by atoms with Crippen LogP contribution in [0.4, 0.5) is 0 Å². The summed E-state index contributed by atoms with van der Waals surface area (Å²) in [7, 11) is -1.87. The largest absolute Gasteiger partial charge is 0.543 e. The van der Waals surface area contributed by atoms with E-state index in [-0.39, 0.29) is 10.5 Å². The molecule has 0 radical (unpaired) electrons. The van der Waals surface area contributed by atoms with E-state index >= 15 is 0 Å². The van der Waals surface area contributed by atoms with Gasteiger partial charge in [-0.15, -0.1) is 0 Å². The van der Waals surface area contributed by atoms with E-state index in [4.69, 9.17) is 4.43 Å². The van der Waals surface area contributed by atoms with E-state index in [0.29, 0.717) is 18.1 Å². The van der Waals surface area contributed by atoms with Gasteiger partial charge in [-0.25, -0.2) is 0 Å². The maximum atomic E-state index is 13.0. The van der Waals surface area contributed by atoms with Gasteiger partial charge < -0.3 is 4.43 Å². The Morgan fingerprint density at radius 1 is 1.12 bits per heavy atom. The Hall–Kier alpha value is -2.13. The van der Waals surface area contributed by atoms with Crippen molar-refractivity contribution in [2.75, 3.05) is 0 Å². The van der Waals surface area contributed by atoms with Crippen molar-refractivity contribution in [2.45, 2.75) is 83.3 Å². The van der Waals surface area contributed by atoms with E-state index in [1.54, 1.807) is 0 Å². The third-order valence-electron chi connectivity index (χ3n) is 8.40. The molecule has 2 aliphatic carbocycles. The van der Waals surface area contributed by atoms with Crippen LogP contribution in [0.15, 0.2) is 54.1 Å². The minimum atomic E-state index is -1.87. The number of carbonyl (C=O) groups excluding carboxylic acids is 1. The van der Waals surface area contributed by atoms with Crippen LogP contribution in [0.2, 0.25) is 18.1 Å². The van der Waals surface area contributed by atoms with Crippen molar-refractivity contribution in [3.05, 3.63) is 70.8 Å². The van der Waals surface area contributed by atoms with Crippen LogP contribution < -0.4 is 4.43 Å². The first-order valence-corrected chi connectivity index (χ1v) is 15.1. The Labute approximate surface area is 195 Å². The number of carbonyl (C=O) groups is 1. The molecule has 2 nitrogen and oxygen atoms in total. The lowest BCUT2D eigenvalue weighted by Crippen LogP contribution is -2.45. The summed E-state index contributed by atoms with van der Waals surface area (Å²) < 4.78 is 6.63. The summed E-state index contributed by atoms with van der Waals surface area (Å²) >= 11 is 0. The average molecular weight is 447 g/mol. The molecule has 4 rings (SSSR count). The van der Waals surface area contributed by atoms with Crippen molar-refractivity contribution in [3.63, 3.8) is 0 Å². The van der Waals surface area contributed by atoms with Gasteiger partial charge in [0, 0.05) is 11.8 Å². The Morgan fingerprint density at radius 2 is 1.84 bits per heavy atom. The highest BCUT2D eigenvalue weighted by Crippen LogP contribution is 2.53. The second kappa shape index (κ2) is 8.33. The van der Waals surface area contributed by atoms with Gasteiger partial charge in [0.25, 0.3) is 0 Å². The smallest absolute Gasteiger partial charge is 0.250 e. The summed E-state index contributed by atoms with van der Waals surface area (Å²) in [6.07, 6.45) is 6.84. The van der Waals surface area contributed by atoms with Crippen molar-refractivity contribution >= 4 is 20.2 Å². The van der Waals surface area contributed by atoms with Gasteiger partial charge in [0.05, 0.1) is 0 Å². The fraction of sp³-hybridized carbons (Fsp3) is 0.483. The number of hydrogen-bond acceptors (Lipinski definition) is 2. The van der Waals surface area contributed by atoms with Gasteiger partial charge >= 0.3 is 0 Å². The van der Waals surface area contributed by atoms with Crippen molar-refractivity contribution in [1.29, 1.82) is 0 Å². The summed E-state index contributed by atoms with van der Waals surface area (Å²) in [5.41, 5.74) is 5.04. The highest BCUT2D eigenvalue weighted by atomic mass is 28.4. The van der Waals surface area contributed by atoms with E-state index < -0.39 is 8.32 Å². The lowest BCUT2D eigenvalue weighted by Gasteiger charge is -2.49. The zero-order chi connectivity index (χ0) is 23.1. The highest BCUT2D eigenvalue weighted by molar-refractivity contribution is 6.74. The number of benzene rings is 2. The molecule has 0 aliphatic heterocycles. The second-order valence-corrected chi connectivity index (χ2v) is 16.0. The van der Waals surface area contributed by atoms with Gasteiger partial charge in [-0.2, -0.15) is 0 Å². The van der Waals surface area contributed by atoms with Crippen LogP contribution in [-0.2, 0) is 16.6 Å². The van der Waals surface area contributed by atoms with E-state index in [9.17, 15) is 4.79 Å². The van der Waals surface area contributed by atoms with Crippen LogP contribution >= 0.6 is 0 Å². The van der Waals surface area contributed by atoms with Crippen LogP contribution in [0.1, 0.15) is 70.1 Å². The lowest BCUT2D eigenvalue weighted by atomic mass is 9.55. The number of ketones is 1. The maximum absolute atomic E-state index is 13.0. The molecular formula is C29H38O2Si. The zero-order valence-corrected chi connectivity index (χ0v) is 21.6. The average Bonchev–Trinajstić information content (AvgIpc) is 2.74. The van der Waals surface area contributed by atoms with E-state index in [1.165, 1.54) is 11.1 Å². The normalized spacial score (nSPS) is 24.8. The summed E-state index contributed by atoms with van der Waals surface area (Å²) in [6, 6.07) is 17.1. The van der Waals surface area contributed by atoms with Gasteiger partial charge in [-0.3, -0.25) is 4.79 Å². The summed E-state index contributed by atoms with van der Waals surface area (Å²) in [5, 5.41) is 0.180. The molecule has 2 aromatic carbocycles. The number of rotatable bonds is 4. The molecule has 3 heteroatoms. The zero-order valence-electron chi connectivity index (χ0n) is 20.6. The van der Waals surface area contributed by atoms with E-state index in [1.807, 2.05) is 18.2 Å². The van der Waals surface area contributed by atoms with Crippen LogP contribution in [0.5, 0.6) is 5.75 Å². The minimum Gasteiger partial charge on any atom is -0.543 e. The predicted molar refractivity (Wildman–Crippen MR) is 137 cm³/mol. The maximum Gasteiger partial charge on any atom is 0.250 e. The van der Waals surface area contributed by atoms with Crippen LogP contribution in [0.3, 0.4) is 0 Å². The molecular weight excluding hydrogens is 408 g/mol. The Morgan fingerprint density at radius 3 is 2.50 bits per heavy atom. The topological polar surface area (TPSA) is 26.3 Å². The van der Waals surface area contributed by atoms with Gasteiger partial charge in [0.1, 0.15) is 5.75 Å². The molecule has 32 heavy (non-hydrogen) atoms. The summed E-state index contributed by atoms with van der Waals surface area (Å²) in [4.78, 5) is 13.0. The molecule has 1 unspecified atom stereocenters. The molecule has 2 aromatic rings. The Bertz CT molecular complexity index is 1030. The SMILES string of the molecule is CCC12C/C(=C/c3ccccc3)C(=O)C[C@H]1CCc1cc(O[Si](C)(C)C(C)(C)C)ccc12. The third-order valence-corrected chi connectivity index (χ3v) is 12.8. The molecule has 2 atom stereocenters. The molecule has 0 saturated heterocycles. The molecule has 170 valence electrons. The van der Waals surface area contributed by atoms with Crippen LogP contribution in [-0.4, -0.2) is 14.1 Å². The number of Topliss-reactive ketones (excluding diaryl/α,β-unsaturated/α-hetero) is 1. The molecule has 0 bridgehead atoms. The molecule has 1 saturated carbocycles. The number of hydrogen-bond donors (Lipinski definition) is 0. The molecule has 0 amide bonds. The van der Waals surface area contributed by atoms with E-state index in [0.717, 1.165) is 42.6 Å². The van der Waals surface area contributed by atoms with Gasteiger partial charge in [-0.1, -0.05) is 64.1 Å². The van der Waals surface area contributed by atoms with Crippen molar-refractivity contribution < 1.29 is 9.22 Å². The quantitative estimate of drug-likeness (QED) is 0.355.